The van der Waals surface area contributed by atoms with E-state index in [1.807, 2.05) is 47.4 Å². The Balaban J connectivity index is 1.68. The summed E-state index contributed by atoms with van der Waals surface area (Å²) < 4.78 is 2.17. The molecule has 2 N–H and O–H groups in total. The third kappa shape index (κ3) is 3.45. The summed E-state index contributed by atoms with van der Waals surface area (Å²) in [6, 6.07) is 25.4. The molecule has 6 heteroatoms. The normalized spacial score (nSPS) is 18.2. The third-order valence-corrected chi connectivity index (χ3v) is 5.95. The minimum atomic E-state index is -0.202. The van der Waals surface area contributed by atoms with Gasteiger partial charge in [0.15, 0.2) is 5.11 Å². The Morgan fingerprint density at radius 2 is 1.71 bits per heavy atom. The standard InChI is InChI=1S/C25H22N4OS/c1-17-11-13-18(14-12-17)28-16-6-9-21(28)24-23(19-7-4-5-15-26-19)27-25(31)29(24)20-8-2-3-10-22(20)30/h2-16,23-24,30H,1H3,(H,27,31)/t23-,24+/m1/s1. The number of benzene rings is 2. The molecule has 0 spiro atoms. The molecule has 0 unspecified atom stereocenters. The average molecular weight is 427 g/mol. The van der Waals surface area contributed by atoms with Crippen molar-refractivity contribution in [2.24, 2.45) is 0 Å². The molecule has 5 rings (SSSR count). The van der Waals surface area contributed by atoms with Gasteiger partial charge in [-0.25, -0.2) is 0 Å². The van der Waals surface area contributed by atoms with E-state index >= 15 is 0 Å². The zero-order valence-electron chi connectivity index (χ0n) is 17.0. The first-order chi connectivity index (χ1) is 15.1. The summed E-state index contributed by atoms with van der Waals surface area (Å²) in [5.74, 6) is 0.187. The van der Waals surface area contributed by atoms with Crippen molar-refractivity contribution >= 4 is 23.0 Å². The van der Waals surface area contributed by atoms with Gasteiger partial charge in [0, 0.05) is 23.8 Å². The van der Waals surface area contributed by atoms with Crippen LogP contribution in [0.1, 0.15) is 29.0 Å². The predicted molar refractivity (Wildman–Crippen MR) is 127 cm³/mol. The summed E-state index contributed by atoms with van der Waals surface area (Å²) in [4.78, 5) is 6.59. The molecule has 0 aliphatic carbocycles. The first-order valence-electron chi connectivity index (χ1n) is 10.2. The van der Waals surface area contributed by atoms with Gasteiger partial charge in [0.1, 0.15) is 11.8 Å². The number of para-hydroxylation sites is 2. The number of phenolic OH excluding ortho intramolecular Hbond substituents is 1. The smallest absolute Gasteiger partial charge is 0.174 e. The van der Waals surface area contributed by atoms with Gasteiger partial charge >= 0.3 is 0 Å². The van der Waals surface area contributed by atoms with Crippen molar-refractivity contribution < 1.29 is 5.11 Å². The lowest BCUT2D eigenvalue weighted by molar-refractivity contribution is 0.472. The maximum Gasteiger partial charge on any atom is 0.174 e. The number of hydrogen-bond donors (Lipinski definition) is 2. The van der Waals surface area contributed by atoms with E-state index in [0.29, 0.717) is 10.8 Å². The van der Waals surface area contributed by atoms with Gasteiger partial charge in [-0.2, -0.15) is 0 Å². The second kappa shape index (κ2) is 7.89. The van der Waals surface area contributed by atoms with E-state index in [9.17, 15) is 5.11 Å². The van der Waals surface area contributed by atoms with E-state index in [4.69, 9.17) is 12.2 Å². The van der Waals surface area contributed by atoms with Crippen LogP contribution in [-0.4, -0.2) is 19.8 Å². The lowest BCUT2D eigenvalue weighted by atomic mass is 10.0. The number of anilines is 1. The molecule has 2 atom stereocenters. The monoisotopic (exact) mass is 426 g/mol. The number of pyridine rings is 1. The molecule has 4 aromatic rings. The molecule has 1 fully saturated rings. The minimum Gasteiger partial charge on any atom is -0.506 e. The molecule has 0 amide bonds. The van der Waals surface area contributed by atoms with E-state index < -0.39 is 0 Å². The Labute approximate surface area is 186 Å². The number of aryl methyl sites for hydroxylation is 1. The summed E-state index contributed by atoms with van der Waals surface area (Å²) in [6.45, 7) is 2.08. The van der Waals surface area contributed by atoms with Crippen molar-refractivity contribution in [1.82, 2.24) is 14.9 Å². The number of rotatable bonds is 4. The van der Waals surface area contributed by atoms with Gasteiger partial charge in [-0.1, -0.05) is 35.9 Å². The fourth-order valence-corrected chi connectivity index (χ4v) is 4.50. The molecular formula is C25H22N4OS. The van der Waals surface area contributed by atoms with Crippen LogP contribution in [0, 0.1) is 6.92 Å². The number of hydrogen-bond acceptors (Lipinski definition) is 3. The Hall–Kier alpha value is -3.64. The Kier molecular flexibility index (Phi) is 4.92. The van der Waals surface area contributed by atoms with Crippen molar-refractivity contribution in [2.75, 3.05) is 4.90 Å². The maximum absolute atomic E-state index is 10.6. The number of nitrogens with zero attached hydrogens (tertiary/aromatic N) is 3. The highest BCUT2D eigenvalue weighted by atomic mass is 32.1. The summed E-state index contributed by atoms with van der Waals surface area (Å²) in [7, 11) is 0. The van der Waals surface area contributed by atoms with Crippen LogP contribution in [0.4, 0.5) is 5.69 Å². The summed E-state index contributed by atoms with van der Waals surface area (Å²) in [5.41, 5.74) is 4.89. The molecule has 1 aliphatic rings. The summed E-state index contributed by atoms with van der Waals surface area (Å²) in [6.07, 6.45) is 3.85. The molecule has 154 valence electrons. The predicted octanol–water partition coefficient (Wildman–Crippen LogP) is 5.06. The maximum atomic E-state index is 10.6. The van der Waals surface area contributed by atoms with Crippen LogP contribution >= 0.6 is 12.2 Å². The van der Waals surface area contributed by atoms with Gasteiger partial charge in [-0.15, -0.1) is 0 Å². The number of aromatic nitrogens is 2. The molecule has 0 radical (unpaired) electrons. The fourth-order valence-electron chi connectivity index (χ4n) is 4.16. The molecule has 2 aromatic carbocycles. The topological polar surface area (TPSA) is 53.3 Å². The van der Waals surface area contributed by atoms with Gasteiger partial charge in [-0.3, -0.25) is 4.98 Å². The lowest BCUT2D eigenvalue weighted by Crippen LogP contribution is -2.30. The lowest BCUT2D eigenvalue weighted by Gasteiger charge is -2.29. The quantitative estimate of drug-likeness (QED) is 0.447. The number of thiocarbonyl (C=S) groups is 1. The summed E-state index contributed by atoms with van der Waals surface area (Å²) >= 11 is 5.75. The van der Waals surface area contributed by atoms with E-state index in [2.05, 4.69) is 58.3 Å². The number of nitrogens with one attached hydrogen (secondary N) is 1. The molecule has 5 nitrogen and oxygen atoms in total. The molecule has 1 aliphatic heterocycles. The van der Waals surface area contributed by atoms with Crippen molar-refractivity contribution in [2.45, 2.75) is 19.0 Å². The molecule has 0 saturated carbocycles. The van der Waals surface area contributed by atoms with Gasteiger partial charge in [0.05, 0.1) is 17.4 Å². The molecule has 0 bridgehead atoms. The molecular weight excluding hydrogens is 404 g/mol. The van der Waals surface area contributed by atoms with E-state index in [1.54, 1.807) is 12.3 Å². The van der Waals surface area contributed by atoms with Gasteiger partial charge in [0.25, 0.3) is 0 Å². The van der Waals surface area contributed by atoms with Crippen LogP contribution < -0.4 is 10.2 Å². The van der Waals surface area contributed by atoms with E-state index in [0.717, 1.165) is 17.1 Å². The van der Waals surface area contributed by atoms with Gasteiger partial charge in [-0.05, 0) is 67.7 Å². The van der Waals surface area contributed by atoms with Crippen LogP contribution in [0.2, 0.25) is 0 Å². The van der Waals surface area contributed by atoms with Crippen LogP contribution in [0.25, 0.3) is 5.69 Å². The fraction of sp³-hybridized carbons (Fsp3) is 0.120. The van der Waals surface area contributed by atoms with Crippen molar-refractivity contribution in [3.05, 3.63) is 108 Å². The van der Waals surface area contributed by atoms with Gasteiger partial charge < -0.3 is 19.9 Å². The molecule has 1 saturated heterocycles. The molecule has 3 heterocycles. The first-order valence-corrected chi connectivity index (χ1v) is 10.6. The van der Waals surface area contributed by atoms with Crippen LogP contribution in [0.3, 0.4) is 0 Å². The zero-order valence-corrected chi connectivity index (χ0v) is 17.8. The minimum absolute atomic E-state index is 0.174. The molecule has 2 aromatic heterocycles. The van der Waals surface area contributed by atoms with Crippen LogP contribution in [0.15, 0.2) is 91.3 Å². The van der Waals surface area contributed by atoms with E-state index in [-0.39, 0.29) is 17.8 Å². The largest absolute Gasteiger partial charge is 0.506 e. The Morgan fingerprint density at radius 3 is 2.45 bits per heavy atom. The highest BCUT2D eigenvalue weighted by Crippen LogP contribution is 2.44. The zero-order chi connectivity index (χ0) is 21.4. The van der Waals surface area contributed by atoms with Crippen LogP contribution in [-0.2, 0) is 0 Å². The van der Waals surface area contributed by atoms with E-state index in [1.165, 1.54) is 5.56 Å². The highest BCUT2D eigenvalue weighted by molar-refractivity contribution is 7.80. The highest BCUT2D eigenvalue weighted by Gasteiger charge is 2.42. The number of aromatic hydroxyl groups is 1. The van der Waals surface area contributed by atoms with Crippen molar-refractivity contribution in [3.63, 3.8) is 0 Å². The second-order valence-electron chi connectivity index (χ2n) is 7.62. The van der Waals surface area contributed by atoms with Crippen molar-refractivity contribution in [3.8, 4) is 11.4 Å². The Bertz CT molecular complexity index is 1220. The third-order valence-electron chi connectivity index (χ3n) is 5.63. The Morgan fingerprint density at radius 1 is 0.935 bits per heavy atom. The summed E-state index contributed by atoms with van der Waals surface area (Å²) in [5, 5.41) is 14.6. The number of phenols is 1. The van der Waals surface area contributed by atoms with Crippen molar-refractivity contribution in [1.29, 1.82) is 0 Å². The van der Waals surface area contributed by atoms with Gasteiger partial charge in [0.2, 0.25) is 0 Å². The molecule has 31 heavy (non-hydrogen) atoms. The SMILES string of the molecule is Cc1ccc(-n2cccc2[C@H]2[C@@H](c3ccccn3)NC(=S)N2c2ccccc2O)cc1. The van der Waals surface area contributed by atoms with Crippen LogP contribution in [0.5, 0.6) is 5.75 Å². The second-order valence-corrected chi connectivity index (χ2v) is 8.01. The average Bonchev–Trinajstić information content (AvgIpc) is 3.40. The first kappa shape index (κ1) is 19.3.